The molecule has 1 atom stereocenters. The van der Waals surface area contributed by atoms with Crippen molar-refractivity contribution in [2.75, 3.05) is 20.3 Å². The molecule has 1 unspecified atom stereocenters. The van der Waals surface area contributed by atoms with Crippen molar-refractivity contribution in [1.82, 2.24) is 4.90 Å². The summed E-state index contributed by atoms with van der Waals surface area (Å²) in [5.41, 5.74) is 6.83. The van der Waals surface area contributed by atoms with E-state index in [0.29, 0.717) is 18.7 Å². The topological polar surface area (TPSA) is 71.1 Å². The largest absolute Gasteiger partial charge is 0.409 e. The van der Waals surface area contributed by atoms with Gasteiger partial charge in [-0.3, -0.25) is 4.90 Å². The normalized spacial score (nSPS) is 13.8. The number of benzene rings is 1. The first kappa shape index (κ1) is 16.4. The Morgan fingerprint density at radius 1 is 1.55 bits per heavy atom. The molecule has 0 aliphatic heterocycles. The van der Waals surface area contributed by atoms with Crippen LogP contribution in [-0.2, 0) is 11.3 Å². The number of hydrogen-bond acceptors (Lipinski definition) is 4. The third-order valence-corrected chi connectivity index (χ3v) is 3.27. The number of oxime groups is 1. The van der Waals surface area contributed by atoms with E-state index in [1.54, 1.807) is 13.2 Å². The Morgan fingerprint density at radius 3 is 2.80 bits per heavy atom. The summed E-state index contributed by atoms with van der Waals surface area (Å²) in [6, 6.07) is 4.53. The number of nitrogens with two attached hydrogens (primary N) is 1. The second kappa shape index (κ2) is 7.81. The third-order valence-electron chi connectivity index (χ3n) is 3.27. The monoisotopic (exact) mass is 283 g/mol. The van der Waals surface area contributed by atoms with Gasteiger partial charge in [-0.1, -0.05) is 18.1 Å². The van der Waals surface area contributed by atoms with E-state index in [4.69, 9.17) is 15.7 Å². The summed E-state index contributed by atoms with van der Waals surface area (Å²) >= 11 is 0. The fourth-order valence-electron chi connectivity index (χ4n) is 2.12. The number of rotatable bonds is 7. The molecule has 1 aromatic carbocycles. The van der Waals surface area contributed by atoms with Crippen molar-refractivity contribution in [2.45, 2.75) is 26.4 Å². The summed E-state index contributed by atoms with van der Waals surface area (Å²) in [6.45, 7) is 6.09. The molecule has 3 N–H and O–H groups in total. The molecule has 0 spiro atoms. The van der Waals surface area contributed by atoms with Gasteiger partial charge in [-0.05, 0) is 31.2 Å². The zero-order valence-corrected chi connectivity index (χ0v) is 12.1. The van der Waals surface area contributed by atoms with E-state index in [1.807, 2.05) is 6.92 Å². The first-order valence-corrected chi connectivity index (χ1v) is 6.52. The molecule has 0 aliphatic rings. The number of nitrogens with zero attached hydrogens (tertiary/aromatic N) is 2. The lowest BCUT2D eigenvalue weighted by atomic mass is 10.1. The summed E-state index contributed by atoms with van der Waals surface area (Å²) < 4.78 is 18.5. The number of halogens is 1. The standard InChI is InChI=1S/C14H22FN3O2/c1-4-18(10(2)9-20-3)8-11-5-6-12(15)7-13(11)14(16)17-19/h5-7,10,19H,4,8-9H2,1-3H3,(H2,16,17). The lowest BCUT2D eigenvalue weighted by Crippen LogP contribution is -2.36. The molecule has 0 aliphatic carbocycles. The number of likely N-dealkylation sites (N-methyl/N-ethyl adjacent to an activating group) is 1. The molecular formula is C14H22FN3O2. The number of ether oxygens (including phenoxy) is 1. The smallest absolute Gasteiger partial charge is 0.170 e. The van der Waals surface area contributed by atoms with E-state index in [-0.39, 0.29) is 11.9 Å². The molecule has 0 saturated carbocycles. The van der Waals surface area contributed by atoms with Crippen molar-refractivity contribution in [2.24, 2.45) is 10.9 Å². The minimum atomic E-state index is -0.414. The molecule has 0 radical (unpaired) electrons. The van der Waals surface area contributed by atoms with Crippen molar-refractivity contribution in [3.63, 3.8) is 0 Å². The van der Waals surface area contributed by atoms with Gasteiger partial charge in [-0.2, -0.15) is 0 Å². The summed E-state index contributed by atoms with van der Waals surface area (Å²) in [6.07, 6.45) is 0. The minimum Gasteiger partial charge on any atom is -0.409 e. The van der Waals surface area contributed by atoms with E-state index in [0.717, 1.165) is 12.1 Å². The molecule has 1 rings (SSSR count). The molecule has 5 nitrogen and oxygen atoms in total. The zero-order chi connectivity index (χ0) is 15.1. The molecule has 20 heavy (non-hydrogen) atoms. The highest BCUT2D eigenvalue weighted by Crippen LogP contribution is 2.15. The average molecular weight is 283 g/mol. The molecule has 0 fully saturated rings. The Bertz CT molecular complexity index is 466. The van der Waals surface area contributed by atoms with Crippen LogP contribution in [-0.4, -0.2) is 42.2 Å². The molecule has 6 heteroatoms. The van der Waals surface area contributed by atoms with E-state index in [2.05, 4.69) is 17.0 Å². The van der Waals surface area contributed by atoms with Crippen LogP contribution in [0, 0.1) is 5.82 Å². The molecule has 1 aromatic rings. The van der Waals surface area contributed by atoms with Crippen molar-refractivity contribution in [1.29, 1.82) is 0 Å². The van der Waals surface area contributed by atoms with Crippen molar-refractivity contribution >= 4 is 5.84 Å². The highest BCUT2D eigenvalue weighted by atomic mass is 19.1. The van der Waals surface area contributed by atoms with Crippen LogP contribution in [0.25, 0.3) is 0 Å². The zero-order valence-electron chi connectivity index (χ0n) is 12.1. The lowest BCUT2D eigenvalue weighted by molar-refractivity contribution is 0.0981. The molecule has 0 saturated heterocycles. The van der Waals surface area contributed by atoms with Gasteiger partial charge >= 0.3 is 0 Å². The second-order valence-electron chi connectivity index (χ2n) is 4.65. The third kappa shape index (κ3) is 4.18. The Morgan fingerprint density at radius 2 is 2.25 bits per heavy atom. The van der Waals surface area contributed by atoms with E-state index < -0.39 is 5.82 Å². The maximum atomic E-state index is 13.3. The van der Waals surface area contributed by atoms with Gasteiger partial charge in [0.25, 0.3) is 0 Å². The summed E-state index contributed by atoms with van der Waals surface area (Å²) in [4.78, 5) is 2.17. The van der Waals surface area contributed by atoms with E-state index in [9.17, 15) is 4.39 Å². The SMILES string of the molecule is CCN(Cc1ccc(F)cc1C(N)=NO)C(C)COC. The maximum Gasteiger partial charge on any atom is 0.170 e. The van der Waals surface area contributed by atoms with Gasteiger partial charge in [0.2, 0.25) is 0 Å². The van der Waals surface area contributed by atoms with Crippen LogP contribution < -0.4 is 5.73 Å². The van der Waals surface area contributed by atoms with Gasteiger partial charge < -0.3 is 15.7 Å². The molecular weight excluding hydrogens is 261 g/mol. The summed E-state index contributed by atoms with van der Waals surface area (Å²) in [7, 11) is 1.66. The molecule has 0 aromatic heterocycles. The van der Waals surface area contributed by atoms with Gasteiger partial charge in [0, 0.05) is 25.3 Å². The Labute approximate surface area is 118 Å². The molecule has 0 amide bonds. The van der Waals surface area contributed by atoms with Crippen LogP contribution >= 0.6 is 0 Å². The van der Waals surface area contributed by atoms with E-state index >= 15 is 0 Å². The highest BCUT2D eigenvalue weighted by molar-refractivity contribution is 5.98. The minimum absolute atomic E-state index is 0.0880. The Balaban J connectivity index is 3.01. The predicted octanol–water partition coefficient (Wildman–Crippen LogP) is 1.78. The fraction of sp³-hybridized carbons (Fsp3) is 0.500. The number of amidine groups is 1. The number of methoxy groups -OCH3 is 1. The van der Waals surface area contributed by atoms with Crippen LogP contribution in [0.1, 0.15) is 25.0 Å². The van der Waals surface area contributed by atoms with Crippen molar-refractivity contribution in [3.8, 4) is 0 Å². The van der Waals surface area contributed by atoms with Gasteiger partial charge in [0.15, 0.2) is 5.84 Å². The predicted molar refractivity (Wildman–Crippen MR) is 76.3 cm³/mol. The van der Waals surface area contributed by atoms with Crippen LogP contribution in [0.3, 0.4) is 0 Å². The molecule has 0 bridgehead atoms. The van der Waals surface area contributed by atoms with Crippen LogP contribution in [0.5, 0.6) is 0 Å². The highest BCUT2D eigenvalue weighted by Gasteiger charge is 2.16. The van der Waals surface area contributed by atoms with Gasteiger partial charge in [-0.25, -0.2) is 4.39 Å². The van der Waals surface area contributed by atoms with Crippen LogP contribution in [0.4, 0.5) is 4.39 Å². The van der Waals surface area contributed by atoms with Gasteiger partial charge in [-0.15, -0.1) is 0 Å². The Kier molecular flexibility index (Phi) is 6.41. The number of hydrogen-bond donors (Lipinski definition) is 2. The lowest BCUT2D eigenvalue weighted by Gasteiger charge is -2.28. The Hall–Kier alpha value is -1.66. The first-order valence-electron chi connectivity index (χ1n) is 6.52. The fourth-order valence-corrected chi connectivity index (χ4v) is 2.12. The van der Waals surface area contributed by atoms with Crippen molar-refractivity contribution < 1.29 is 14.3 Å². The molecule has 0 heterocycles. The van der Waals surface area contributed by atoms with Crippen molar-refractivity contribution in [3.05, 3.63) is 35.1 Å². The van der Waals surface area contributed by atoms with Crippen LogP contribution in [0.15, 0.2) is 23.4 Å². The van der Waals surface area contributed by atoms with Gasteiger partial charge in [0.1, 0.15) is 5.82 Å². The van der Waals surface area contributed by atoms with E-state index in [1.165, 1.54) is 12.1 Å². The average Bonchev–Trinajstić information content (AvgIpc) is 2.45. The first-order chi connectivity index (χ1) is 9.53. The maximum absolute atomic E-state index is 13.3. The summed E-state index contributed by atoms with van der Waals surface area (Å²) in [5, 5.41) is 11.8. The quantitative estimate of drug-likeness (QED) is 0.346. The van der Waals surface area contributed by atoms with Gasteiger partial charge in [0.05, 0.1) is 6.61 Å². The molecule has 112 valence electrons. The second-order valence-corrected chi connectivity index (χ2v) is 4.65. The van der Waals surface area contributed by atoms with Crippen LogP contribution in [0.2, 0.25) is 0 Å². The summed E-state index contributed by atoms with van der Waals surface area (Å²) in [5.74, 6) is -0.502.